The highest BCUT2D eigenvalue weighted by atomic mass is 16.5. The summed E-state index contributed by atoms with van der Waals surface area (Å²) in [7, 11) is 0. The van der Waals surface area contributed by atoms with Crippen molar-refractivity contribution in [2.45, 2.75) is 56.6 Å². The maximum atomic E-state index is 13.5. The van der Waals surface area contributed by atoms with Gasteiger partial charge in [-0.3, -0.25) is 9.59 Å². The summed E-state index contributed by atoms with van der Waals surface area (Å²) in [6.07, 6.45) is 4.52. The molecule has 0 aromatic heterocycles. The van der Waals surface area contributed by atoms with Crippen LogP contribution in [0.1, 0.15) is 54.9 Å². The van der Waals surface area contributed by atoms with Gasteiger partial charge in [0.15, 0.2) is 0 Å². The van der Waals surface area contributed by atoms with E-state index in [1.165, 1.54) is 19.8 Å². The molecule has 0 bridgehead atoms. The number of hydrogen-bond donors (Lipinski definition) is 2. The van der Waals surface area contributed by atoms with E-state index in [4.69, 9.17) is 4.74 Å². The number of hydrogen-bond acceptors (Lipinski definition) is 5. The number of esters is 1. The number of fused-ring (bicyclic) bond motifs is 2. The van der Waals surface area contributed by atoms with Gasteiger partial charge in [0.2, 0.25) is 0 Å². The summed E-state index contributed by atoms with van der Waals surface area (Å²) in [6.45, 7) is 4.38. The molecule has 3 aliphatic rings. The van der Waals surface area contributed by atoms with E-state index in [0.29, 0.717) is 12.0 Å². The second kappa shape index (κ2) is 10.1. The fourth-order valence-electron chi connectivity index (χ4n) is 6.96. The average molecular weight is 513 g/mol. The lowest BCUT2D eigenvalue weighted by atomic mass is 9.57. The Morgan fingerprint density at radius 1 is 1.05 bits per heavy atom. The van der Waals surface area contributed by atoms with Crippen LogP contribution < -0.4 is 5.32 Å². The Morgan fingerprint density at radius 2 is 1.87 bits per heavy atom. The SMILES string of the molecule is CC(=O)OC1CC(NC(=O)c2ccc3ccccc3c2)CC2(c3cccc(O)c3)CCN(CC3CC3)CC12. The van der Waals surface area contributed by atoms with Crippen molar-refractivity contribution >= 4 is 22.6 Å². The lowest BCUT2D eigenvalue weighted by Crippen LogP contribution is -2.61. The molecule has 0 radical (unpaired) electrons. The minimum absolute atomic E-state index is 0.0921. The summed E-state index contributed by atoms with van der Waals surface area (Å²) < 4.78 is 6.00. The van der Waals surface area contributed by atoms with Crippen molar-refractivity contribution in [2.24, 2.45) is 11.8 Å². The first-order valence-electron chi connectivity index (χ1n) is 13.9. The molecule has 1 amide bonds. The van der Waals surface area contributed by atoms with Gasteiger partial charge in [0.05, 0.1) is 0 Å². The van der Waals surface area contributed by atoms with E-state index in [1.807, 2.05) is 54.6 Å². The number of likely N-dealkylation sites (tertiary alicyclic amines) is 1. The molecule has 4 atom stereocenters. The molecule has 1 heterocycles. The summed E-state index contributed by atoms with van der Waals surface area (Å²) in [5, 5.41) is 15.8. The zero-order valence-corrected chi connectivity index (χ0v) is 21.9. The highest BCUT2D eigenvalue weighted by Gasteiger charge is 2.54. The van der Waals surface area contributed by atoms with Crippen LogP contribution in [0.3, 0.4) is 0 Å². The standard InChI is InChI=1S/C32H36N2O4/c1-21(35)38-30-17-27(33-31(37)25-12-11-23-5-2-3-6-24(23)15-25)18-32(26-7-4-8-28(36)16-26)13-14-34(20-29(30)32)19-22-9-10-22/h2-8,11-12,15-16,22,27,29-30,36H,9-10,13-14,17-20H2,1H3,(H,33,37). The fourth-order valence-corrected chi connectivity index (χ4v) is 6.96. The van der Waals surface area contributed by atoms with Crippen LogP contribution in [0, 0.1) is 11.8 Å². The molecular formula is C32H36N2O4. The number of benzene rings is 3. The predicted molar refractivity (Wildman–Crippen MR) is 147 cm³/mol. The van der Waals surface area contributed by atoms with Crippen LogP contribution in [0.25, 0.3) is 10.8 Å². The Bertz CT molecular complexity index is 1350. The van der Waals surface area contributed by atoms with Gasteiger partial charge in [-0.25, -0.2) is 0 Å². The van der Waals surface area contributed by atoms with E-state index in [9.17, 15) is 14.7 Å². The number of amides is 1. The number of carbonyl (C=O) groups excluding carboxylic acids is 2. The number of phenols is 1. The van der Waals surface area contributed by atoms with Gasteiger partial charge in [-0.15, -0.1) is 0 Å². The molecule has 4 unspecified atom stereocenters. The Kier molecular flexibility index (Phi) is 6.60. The summed E-state index contributed by atoms with van der Waals surface area (Å²) >= 11 is 0. The molecule has 1 aliphatic heterocycles. The molecule has 3 aromatic carbocycles. The van der Waals surface area contributed by atoms with Crippen LogP contribution in [0.5, 0.6) is 5.75 Å². The predicted octanol–water partition coefficient (Wildman–Crippen LogP) is 5.04. The summed E-state index contributed by atoms with van der Waals surface area (Å²) in [5.74, 6) is 0.712. The highest BCUT2D eigenvalue weighted by molar-refractivity contribution is 5.98. The first kappa shape index (κ1) is 24.9. The lowest BCUT2D eigenvalue weighted by Gasteiger charge is -2.55. The van der Waals surface area contributed by atoms with Gasteiger partial charge in [-0.2, -0.15) is 0 Å². The third-order valence-electron chi connectivity index (χ3n) is 8.91. The molecule has 2 aliphatic carbocycles. The molecule has 1 saturated heterocycles. The second-order valence-electron chi connectivity index (χ2n) is 11.6. The van der Waals surface area contributed by atoms with Crippen molar-refractivity contribution in [3.05, 3.63) is 77.9 Å². The van der Waals surface area contributed by atoms with Crippen LogP contribution in [0.2, 0.25) is 0 Å². The number of aromatic hydroxyl groups is 1. The quantitative estimate of drug-likeness (QED) is 0.453. The van der Waals surface area contributed by atoms with E-state index in [0.717, 1.165) is 54.7 Å². The lowest BCUT2D eigenvalue weighted by molar-refractivity contribution is -0.157. The molecule has 6 heteroatoms. The zero-order chi connectivity index (χ0) is 26.3. The van der Waals surface area contributed by atoms with Crippen LogP contribution in [0.4, 0.5) is 0 Å². The summed E-state index contributed by atoms with van der Waals surface area (Å²) in [4.78, 5) is 28.3. The Morgan fingerprint density at radius 3 is 2.63 bits per heavy atom. The van der Waals surface area contributed by atoms with Gasteiger partial charge >= 0.3 is 5.97 Å². The molecule has 2 N–H and O–H groups in total. The topological polar surface area (TPSA) is 78.9 Å². The van der Waals surface area contributed by atoms with Gasteiger partial charge in [0.1, 0.15) is 11.9 Å². The van der Waals surface area contributed by atoms with Crippen LogP contribution >= 0.6 is 0 Å². The number of carbonyl (C=O) groups is 2. The Balaban J connectivity index is 1.31. The molecule has 2 saturated carbocycles. The second-order valence-corrected chi connectivity index (χ2v) is 11.6. The third kappa shape index (κ3) is 5.02. The first-order chi connectivity index (χ1) is 18.4. The number of piperidine rings is 1. The minimum atomic E-state index is -0.312. The minimum Gasteiger partial charge on any atom is -0.508 e. The molecule has 3 fully saturated rings. The molecule has 6 rings (SSSR count). The van der Waals surface area contributed by atoms with Gasteiger partial charge in [-0.05, 0) is 78.7 Å². The van der Waals surface area contributed by atoms with Crippen LogP contribution in [-0.2, 0) is 14.9 Å². The Hall–Kier alpha value is -3.38. The molecule has 198 valence electrons. The van der Waals surface area contributed by atoms with E-state index < -0.39 is 0 Å². The van der Waals surface area contributed by atoms with Crippen molar-refractivity contribution in [1.82, 2.24) is 10.2 Å². The van der Waals surface area contributed by atoms with Crippen molar-refractivity contribution in [2.75, 3.05) is 19.6 Å². The van der Waals surface area contributed by atoms with Crippen LogP contribution in [0.15, 0.2) is 66.7 Å². The van der Waals surface area contributed by atoms with Crippen molar-refractivity contribution in [3.8, 4) is 5.75 Å². The van der Waals surface area contributed by atoms with E-state index in [1.54, 1.807) is 6.07 Å². The third-order valence-corrected chi connectivity index (χ3v) is 8.91. The van der Waals surface area contributed by atoms with E-state index in [-0.39, 0.29) is 41.1 Å². The fraction of sp³-hybridized carbons (Fsp3) is 0.438. The van der Waals surface area contributed by atoms with E-state index >= 15 is 0 Å². The Labute approximate surface area is 224 Å². The van der Waals surface area contributed by atoms with E-state index in [2.05, 4.69) is 16.3 Å². The molecular weight excluding hydrogens is 476 g/mol. The number of ether oxygens (including phenoxy) is 1. The molecule has 3 aromatic rings. The average Bonchev–Trinajstić information content (AvgIpc) is 3.72. The zero-order valence-electron chi connectivity index (χ0n) is 21.9. The van der Waals surface area contributed by atoms with Crippen molar-refractivity contribution < 1.29 is 19.4 Å². The number of phenolic OH excluding ortho intramolecular Hbond substituents is 1. The monoisotopic (exact) mass is 512 g/mol. The summed E-state index contributed by atoms with van der Waals surface area (Å²) in [6, 6.07) is 21.2. The first-order valence-corrected chi connectivity index (χ1v) is 13.9. The van der Waals surface area contributed by atoms with Crippen molar-refractivity contribution in [1.29, 1.82) is 0 Å². The normalized spacial score (nSPS) is 27.4. The largest absolute Gasteiger partial charge is 0.508 e. The number of rotatable bonds is 6. The molecule has 6 nitrogen and oxygen atoms in total. The van der Waals surface area contributed by atoms with Gasteiger partial charge < -0.3 is 20.1 Å². The smallest absolute Gasteiger partial charge is 0.302 e. The van der Waals surface area contributed by atoms with Gasteiger partial charge in [0, 0.05) is 49.4 Å². The van der Waals surface area contributed by atoms with Crippen LogP contribution in [-0.4, -0.2) is 53.7 Å². The van der Waals surface area contributed by atoms with Gasteiger partial charge in [0.25, 0.3) is 5.91 Å². The maximum absolute atomic E-state index is 13.5. The number of nitrogens with zero attached hydrogens (tertiary/aromatic N) is 1. The maximum Gasteiger partial charge on any atom is 0.302 e. The summed E-state index contributed by atoms with van der Waals surface area (Å²) in [5.41, 5.74) is 1.38. The van der Waals surface area contributed by atoms with Crippen molar-refractivity contribution in [3.63, 3.8) is 0 Å². The molecule has 38 heavy (non-hydrogen) atoms. The highest BCUT2D eigenvalue weighted by Crippen LogP contribution is 2.51. The van der Waals surface area contributed by atoms with Gasteiger partial charge in [-0.1, -0.05) is 42.5 Å². The molecule has 0 spiro atoms. The number of nitrogens with one attached hydrogen (secondary N) is 1.